The third kappa shape index (κ3) is 3.61. The lowest BCUT2D eigenvalue weighted by Gasteiger charge is -2.26. The highest BCUT2D eigenvalue weighted by molar-refractivity contribution is 6.33. The summed E-state index contributed by atoms with van der Waals surface area (Å²) in [4.78, 5) is 24.7. The van der Waals surface area contributed by atoms with Crippen molar-refractivity contribution in [2.75, 3.05) is 31.5 Å². The molecule has 0 saturated carbocycles. The van der Waals surface area contributed by atoms with Crippen molar-refractivity contribution < 1.29 is 9.59 Å². The Morgan fingerprint density at radius 2 is 2.32 bits per heavy atom. The monoisotopic (exact) mass is 281 g/mol. The minimum absolute atomic E-state index is 0.105. The Morgan fingerprint density at radius 3 is 3.00 bits per heavy atom. The summed E-state index contributed by atoms with van der Waals surface area (Å²) in [6, 6.07) is 5.60. The molecule has 0 bridgehead atoms. The summed E-state index contributed by atoms with van der Waals surface area (Å²) in [5, 5.41) is 6.27. The van der Waals surface area contributed by atoms with Crippen LogP contribution in [-0.2, 0) is 9.59 Å². The van der Waals surface area contributed by atoms with Gasteiger partial charge in [-0.3, -0.25) is 9.59 Å². The van der Waals surface area contributed by atoms with Crippen LogP contribution in [0.3, 0.4) is 0 Å². The molecule has 2 amide bonds. The highest BCUT2D eigenvalue weighted by Gasteiger charge is 2.20. The molecule has 1 fully saturated rings. The average molecular weight is 282 g/mol. The van der Waals surface area contributed by atoms with E-state index in [2.05, 4.69) is 10.6 Å². The lowest BCUT2D eigenvalue weighted by atomic mass is 10.2. The maximum absolute atomic E-state index is 11.9. The maximum atomic E-state index is 11.9. The number of benzene rings is 1. The summed E-state index contributed by atoms with van der Waals surface area (Å²) in [6.07, 6.45) is 0. The number of carbonyl (C=O) groups is 2. The summed E-state index contributed by atoms with van der Waals surface area (Å²) >= 11 is 6.07. The molecule has 1 heterocycles. The third-order valence-corrected chi connectivity index (χ3v) is 3.26. The van der Waals surface area contributed by atoms with Crippen LogP contribution in [0.2, 0.25) is 5.02 Å². The highest BCUT2D eigenvalue weighted by Crippen LogP contribution is 2.22. The van der Waals surface area contributed by atoms with Gasteiger partial charge in [0.15, 0.2) is 0 Å². The molecule has 1 aromatic rings. The van der Waals surface area contributed by atoms with Gasteiger partial charge in [0.05, 0.1) is 23.8 Å². The van der Waals surface area contributed by atoms with Gasteiger partial charge < -0.3 is 15.5 Å². The summed E-state index contributed by atoms with van der Waals surface area (Å²) < 4.78 is 0. The van der Waals surface area contributed by atoms with Crippen LogP contribution < -0.4 is 10.6 Å². The first-order valence-corrected chi connectivity index (χ1v) is 6.48. The summed E-state index contributed by atoms with van der Waals surface area (Å²) in [6.45, 7) is 3.27. The molecule has 19 heavy (non-hydrogen) atoms. The van der Waals surface area contributed by atoms with Gasteiger partial charge in [-0.1, -0.05) is 17.7 Å². The predicted octanol–water partition coefficient (Wildman–Crippen LogP) is 1.02. The molecule has 0 atom stereocenters. The van der Waals surface area contributed by atoms with Crippen LogP contribution in [-0.4, -0.2) is 42.9 Å². The Kier molecular flexibility index (Phi) is 4.27. The van der Waals surface area contributed by atoms with E-state index in [0.717, 1.165) is 11.3 Å². The van der Waals surface area contributed by atoms with E-state index < -0.39 is 0 Å². The Labute approximate surface area is 116 Å². The van der Waals surface area contributed by atoms with E-state index in [1.165, 1.54) is 4.90 Å². The van der Waals surface area contributed by atoms with Crippen LogP contribution in [0.1, 0.15) is 5.56 Å². The van der Waals surface area contributed by atoms with Crippen molar-refractivity contribution in [3.8, 4) is 0 Å². The molecule has 102 valence electrons. The van der Waals surface area contributed by atoms with Crippen LogP contribution in [0, 0.1) is 6.92 Å². The molecule has 0 aliphatic carbocycles. The molecule has 1 aromatic carbocycles. The molecule has 5 nitrogen and oxygen atoms in total. The highest BCUT2D eigenvalue weighted by atomic mass is 35.5. The zero-order valence-corrected chi connectivity index (χ0v) is 11.5. The van der Waals surface area contributed by atoms with Crippen LogP contribution in [0.5, 0.6) is 0 Å². The standard InChI is InChI=1S/C13H16ClN3O2/c1-9-2-3-11(10(14)6-9)16-7-13(19)17-5-4-15-12(18)8-17/h2-3,6,16H,4-5,7-8H2,1H3,(H,15,18). The van der Waals surface area contributed by atoms with Gasteiger partial charge >= 0.3 is 0 Å². The number of anilines is 1. The summed E-state index contributed by atoms with van der Waals surface area (Å²) in [5.74, 6) is -0.223. The maximum Gasteiger partial charge on any atom is 0.242 e. The Balaban J connectivity index is 1.91. The van der Waals surface area contributed by atoms with E-state index in [0.29, 0.717) is 18.1 Å². The van der Waals surface area contributed by atoms with Gasteiger partial charge in [-0.05, 0) is 24.6 Å². The van der Waals surface area contributed by atoms with E-state index in [1.807, 2.05) is 25.1 Å². The normalized spacial score (nSPS) is 15.1. The fourth-order valence-electron chi connectivity index (χ4n) is 1.90. The minimum atomic E-state index is -0.118. The van der Waals surface area contributed by atoms with Gasteiger partial charge in [-0.2, -0.15) is 0 Å². The fraction of sp³-hybridized carbons (Fsp3) is 0.385. The molecular formula is C13H16ClN3O2. The predicted molar refractivity (Wildman–Crippen MR) is 74.3 cm³/mol. The first-order chi connectivity index (χ1) is 9.06. The molecule has 1 saturated heterocycles. The van der Waals surface area contributed by atoms with Crippen molar-refractivity contribution in [2.24, 2.45) is 0 Å². The van der Waals surface area contributed by atoms with Gasteiger partial charge in [-0.15, -0.1) is 0 Å². The number of amides is 2. The number of piperazine rings is 1. The number of carbonyl (C=O) groups excluding carboxylic acids is 2. The minimum Gasteiger partial charge on any atom is -0.375 e. The lowest BCUT2D eigenvalue weighted by Crippen LogP contribution is -2.51. The number of halogens is 1. The zero-order valence-electron chi connectivity index (χ0n) is 10.7. The molecular weight excluding hydrogens is 266 g/mol. The number of hydrogen-bond acceptors (Lipinski definition) is 3. The second kappa shape index (κ2) is 5.93. The van der Waals surface area contributed by atoms with Crippen LogP contribution in [0.15, 0.2) is 18.2 Å². The Morgan fingerprint density at radius 1 is 1.53 bits per heavy atom. The van der Waals surface area contributed by atoms with Crippen LogP contribution in [0.4, 0.5) is 5.69 Å². The van der Waals surface area contributed by atoms with Gasteiger partial charge in [-0.25, -0.2) is 0 Å². The SMILES string of the molecule is Cc1ccc(NCC(=O)N2CCNC(=O)C2)c(Cl)c1. The van der Waals surface area contributed by atoms with E-state index in [1.54, 1.807) is 0 Å². The largest absolute Gasteiger partial charge is 0.375 e. The van der Waals surface area contributed by atoms with Crippen molar-refractivity contribution in [2.45, 2.75) is 6.92 Å². The first-order valence-electron chi connectivity index (χ1n) is 6.11. The van der Waals surface area contributed by atoms with E-state index in [9.17, 15) is 9.59 Å². The van der Waals surface area contributed by atoms with Gasteiger partial charge in [0.25, 0.3) is 0 Å². The second-order valence-electron chi connectivity index (χ2n) is 4.50. The number of nitrogens with zero attached hydrogens (tertiary/aromatic N) is 1. The van der Waals surface area contributed by atoms with Crippen molar-refractivity contribution in [3.63, 3.8) is 0 Å². The molecule has 6 heteroatoms. The first kappa shape index (κ1) is 13.7. The van der Waals surface area contributed by atoms with E-state index >= 15 is 0 Å². The van der Waals surface area contributed by atoms with Crippen LogP contribution in [0.25, 0.3) is 0 Å². The molecule has 2 rings (SSSR count). The van der Waals surface area contributed by atoms with Crippen LogP contribution >= 0.6 is 11.6 Å². The topological polar surface area (TPSA) is 61.4 Å². The van der Waals surface area contributed by atoms with Crippen molar-refractivity contribution in [1.29, 1.82) is 0 Å². The van der Waals surface area contributed by atoms with E-state index in [4.69, 9.17) is 11.6 Å². The van der Waals surface area contributed by atoms with Crippen molar-refractivity contribution in [3.05, 3.63) is 28.8 Å². The van der Waals surface area contributed by atoms with Gasteiger partial charge in [0.1, 0.15) is 0 Å². The number of rotatable bonds is 3. The smallest absolute Gasteiger partial charge is 0.242 e. The average Bonchev–Trinajstić information content (AvgIpc) is 2.37. The lowest BCUT2D eigenvalue weighted by molar-refractivity contribution is -0.136. The fourth-order valence-corrected chi connectivity index (χ4v) is 2.20. The van der Waals surface area contributed by atoms with Gasteiger partial charge in [0.2, 0.25) is 11.8 Å². The summed E-state index contributed by atoms with van der Waals surface area (Å²) in [7, 11) is 0. The third-order valence-electron chi connectivity index (χ3n) is 2.95. The van der Waals surface area contributed by atoms with Gasteiger partial charge in [0, 0.05) is 13.1 Å². The summed E-state index contributed by atoms with van der Waals surface area (Å²) in [5.41, 5.74) is 1.79. The zero-order chi connectivity index (χ0) is 13.8. The Hall–Kier alpha value is -1.75. The molecule has 1 aliphatic heterocycles. The van der Waals surface area contributed by atoms with Crippen molar-refractivity contribution >= 4 is 29.1 Å². The molecule has 0 spiro atoms. The van der Waals surface area contributed by atoms with Crippen molar-refractivity contribution in [1.82, 2.24) is 10.2 Å². The molecule has 2 N–H and O–H groups in total. The molecule has 0 aromatic heterocycles. The van der Waals surface area contributed by atoms with E-state index in [-0.39, 0.29) is 24.9 Å². The number of hydrogen-bond donors (Lipinski definition) is 2. The number of aryl methyl sites for hydroxylation is 1. The Bertz CT molecular complexity index is 505. The molecule has 0 radical (unpaired) electrons. The molecule has 0 unspecified atom stereocenters. The second-order valence-corrected chi connectivity index (χ2v) is 4.91. The quantitative estimate of drug-likeness (QED) is 0.870. The number of nitrogens with one attached hydrogen (secondary N) is 2. The molecule has 1 aliphatic rings.